The monoisotopic (exact) mass is 820 g/mol. The van der Waals surface area contributed by atoms with E-state index in [0.29, 0.717) is 24.2 Å². The summed E-state index contributed by atoms with van der Waals surface area (Å²) in [7, 11) is -1.89. The molecule has 0 aliphatic carbocycles. The zero-order chi connectivity index (χ0) is 36.0. The van der Waals surface area contributed by atoms with Gasteiger partial charge in [0.2, 0.25) is 0 Å². The second kappa shape index (κ2) is 16.8. The molecule has 0 spiro atoms. The molecule has 4 rings (SSSR count). The molecule has 1 saturated heterocycles. The van der Waals surface area contributed by atoms with Crippen molar-refractivity contribution in [2.75, 3.05) is 6.54 Å². The maximum absolute atomic E-state index is 15.0. The molecule has 13 heteroatoms. The first kappa shape index (κ1) is 39.5. The van der Waals surface area contributed by atoms with Crippen molar-refractivity contribution < 1.29 is 23.7 Å². The van der Waals surface area contributed by atoms with Crippen molar-refractivity contribution in [3.8, 4) is 0 Å². The van der Waals surface area contributed by atoms with Crippen molar-refractivity contribution in [3.63, 3.8) is 0 Å². The second-order valence-corrected chi connectivity index (χ2v) is 32.7. The number of thiazole rings is 1. The summed E-state index contributed by atoms with van der Waals surface area (Å²) >= 11 is -1.02. The number of Topliss-reactive ketones (excluding diaryl/α,β-unsaturated/α-hetero) is 1. The summed E-state index contributed by atoms with van der Waals surface area (Å²) in [6, 6.07) is 5.93. The van der Waals surface area contributed by atoms with Crippen molar-refractivity contribution >= 4 is 64.0 Å². The number of aromatic nitrogens is 2. The van der Waals surface area contributed by atoms with Crippen molar-refractivity contribution in [2.24, 2.45) is 11.3 Å². The number of nitro benzene ring substituents is 1. The number of nitro groups is 1. The molecular weight excluding hydrogens is 763 g/mol. The van der Waals surface area contributed by atoms with E-state index in [1.807, 2.05) is 13.1 Å². The average molecular weight is 820 g/mol. The van der Waals surface area contributed by atoms with Gasteiger partial charge in [-0.05, 0) is 0 Å². The van der Waals surface area contributed by atoms with Gasteiger partial charge < -0.3 is 0 Å². The molecule has 1 aliphatic rings. The number of ketones is 1. The third-order valence-electron chi connectivity index (χ3n) is 10.1. The minimum absolute atomic E-state index is 0.0193. The number of unbranched alkanes of at least 4 members (excludes halogenated alkanes) is 3. The second-order valence-electron chi connectivity index (χ2n) is 15.1. The Kier molecular flexibility index (Phi) is 13.6. The molecule has 3 heterocycles. The molecule has 1 aliphatic heterocycles. The van der Waals surface area contributed by atoms with Crippen LogP contribution in [0, 0.1) is 21.4 Å². The summed E-state index contributed by atoms with van der Waals surface area (Å²) in [6.07, 6.45) is 11.1. The van der Waals surface area contributed by atoms with Crippen LogP contribution in [0.5, 0.6) is 0 Å². The SMILES string of the molecule is CCC[CH2][Sn]([CH2]CCC)([CH2]CCC)[c]1cn2cnc(C(=O)[C@@]3(O[SiH](C)C)C[C@H](C(C)(C)C)CN3C(=O)OCc3ccc([N+](=O)[O-])cc3)c2s1. The van der Waals surface area contributed by atoms with Gasteiger partial charge in [-0.25, -0.2) is 0 Å². The van der Waals surface area contributed by atoms with Crippen LogP contribution >= 0.6 is 11.3 Å². The van der Waals surface area contributed by atoms with Gasteiger partial charge in [0.05, 0.1) is 4.92 Å². The third-order valence-corrected chi connectivity index (χ3v) is 30.2. The van der Waals surface area contributed by atoms with E-state index in [-0.39, 0.29) is 29.4 Å². The quantitative estimate of drug-likeness (QED) is 0.0578. The molecule has 0 N–H and O–H groups in total. The fourth-order valence-corrected chi connectivity index (χ4v) is 28.2. The maximum atomic E-state index is 15.0. The number of rotatable bonds is 17. The van der Waals surface area contributed by atoms with Crippen molar-refractivity contribution in [2.45, 2.75) is 125 Å². The fourth-order valence-electron chi connectivity index (χ4n) is 7.06. The van der Waals surface area contributed by atoms with Crippen LogP contribution in [-0.2, 0) is 15.8 Å². The van der Waals surface area contributed by atoms with E-state index < -0.39 is 44.2 Å². The first-order valence-corrected chi connectivity index (χ1v) is 29.2. The number of amides is 1. The normalized spacial score (nSPS) is 18.5. The molecular formula is C36H56N4O6SSiSn. The molecule has 49 heavy (non-hydrogen) atoms. The van der Waals surface area contributed by atoms with Crippen LogP contribution in [0.3, 0.4) is 0 Å². The van der Waals surface area contributed by atoms with Gasteiger partial charge in [-0.1, -0.05) is 0 Å². The molecule has 2 aromatic heterocycles. The summed E-state index contributed by atoms with van der Waals surface area (Å²) < 4.78 is 20.1. The molecule has 0 bridgehead atoms. The number of nitrogens with zero attached hydrogens (tertiary/aromatic N) is 4. The number of carbonyl (C=O) groups is 2. The summed E-state index contributed by atoms with van der Waals surface area (Å²) in [5.74, 6) is -0.297. The zero-order valence-electron chi connectivity index (χ0n) is 30.8. The predicted molar refractivity (Wildman–Crippen MR) is 202 cm³/mol. The van der Waals surface area contributed by atoms with Gasteiger partial charge in [0, 0.05) is 12.1 Å². The molecule has 0 saturated carbocycles. The predicted octanol–water partition coefficient (Wildman–Crippen LogP) is 8.94. The third kappa shape index (κ3) is 8.96. The van der Waals surface area contributed by atoms with Crippen molar-refractivity contribution in [1.29, 1.82) is 0 Å². The zero-order valence-corrected chi connectivity index (χ0v) is 35.6. The van der Waals surface area contributed by atoms with Gasteiger partial charge in [0.15, 0.2) is 0 Å². The van der Waals surface area contributed by atoms with E-state index in [1.54, 1.807) is 29.8 Å². The van der Waals surface area contributed by atoms with Gasteiger partial charge >= 0.3 is 270 Å². The average Bonchev–Trinajstić information content (AvgIpc) is 3.77. The Morgan fingerprint density at radius 2 is 1.65 bits per heavy atom. The molecule has 1 aromatic carbocycles. The van der Waals surface area contributed by atoms with Gasteiger partial charge in [-0.3, -0.25) is 10.1 Å². The number of ether oxygens (including phenoxy) is 1. The fraction of sp³-hybridized carbons (Fsp3) is 0.639. The van der Waals surface area contributed by atoms with E-state index in [9.17, 15) is 14.9 Å². The number of benzene rings is 1. The van der Waals surface area contributed by atoms with Crippen LogP contribution in [0.4, 0.5) is 10.5 Å². The van der Waals surface area contributed by atoms with Crippen LogP contribution in [0.15, 0.2) is 36.8 Å². The van der Waals surface area contributed by atoms with E-state index in [2.05, 4.69) is 52.1 Å². The molecule has 0 radical (unpaired) electrons. The standard InChI is InChI=1S/C24H29N4O6SSi.3C4H9.Sn/c1-23(2,3)17-12-24(34-36(4)5,20(29)19-21-26(15-25-19)10-11-35-21)27(13-17)22(30)33-14-16-6-8-18(9-7-16)28(31)32;3*1-3-4-2;/h6-10,15,17,36H,12-14H2,1-5H3;3*1,3-4H2,2H3;/t17-,24-;;;;/m0..../s1. The Hall–Kier alpha value is -2.29. The number of likely N-dealkylation sites (tertiary alicyclic amines) is 1. The van der Waals surface area contributed by atoms with Crippen molar-refractivity contribution in [1.82, 2.24) is 14.3 Å². The molecule has 1 amide bonds. The number of carbonyl (C=O) groups excluding carboxylic acids is 2. The molecule has 0 unspecified atom stereocenters. The molecule has 2 atom stereocenters. The summed E-state index contributed by atoms with van der Waals surface area (Å²) in [5, 5.41) is 11.1. The molecule has 10 nitrogen and oxygen atoms in total. The number of fused-ring (bicyclic) bond motifs is 1. The number of imidazole rings is 1. The topological polar surface area (TPSA) is 116 Å². The molecule has 270 valence electrons. The van der Waals surface area contributed by atoms with Gasteiger partial charge in [0.1, 0.15) is 0 Å². The minimum atomic E-state index is -2.79. The van der Waals surface area contributed by atoms with Crippen LogP contribution in [0.1, 0.15) is 103 Å². The van der Waals surface area contributed by atoms with Crippen LogP contribution < -0.4 is 2.89 Å². The Labute approximate surface area is 301 Å². The Balaban J connectivity index is 1.75. The molecule has 3 aromatic rings. The van der Waals surface area contributed by atoms with Gasteiger partial charge in [0.25, 0.3) is 5.69 Å². The van der Waals surface area contributed by atoms with Gasteiger partial charge in [-0.15, -0.1) is 0 Å². The summed E-state index contributed by atoms with van der Waals surface area (Å²) in [6.45, 7) is 17.5. The van der Waals surface area contributed by atoms with Gasteiger partial charge in [-0.2, -0.15) is 0 Å². The Morgan fingerprint density at radius 3 is 2.16 bits per heavy atom. The summed E-state index contributed by atoms with van der Waals surface area (Å²) in [5.41, 5.74) is -0.778. The van der Waals surface area contributed by atoms with E-state index >= 15 is 4.79 Å². The number of non-ortho nitro benzene ring substituents is 1. The molecule has 1 fully saturated rings. The summed E-state index contributed by atoms with van der Waals surface area (Å²) in [4.78, 5) is 46.8. The first-order valence-electron chi connectivity index (χ1n) is 18.1. The Morgan fingerprint density at radius 1 is 1.06 bits per heavy atom. The van der Waals surface area contributed by atoms with Crippen LogP contribution in [0.2, 0.25) is 26.4 Å². The van der Waals surface area contributed by atoms with E-state index in [0.717, 1.165) is 4.83 Å². The first-order chi connectivity index (χ1) is 23.2. The van der Waals surface area contributed by atoms with Crippen LogP contribution in [-0.4, -0.2) is 70.8 Å². The van der Waals surface area contributed by atoms with E-state index in [4.69, 9.17) is 14.1 Å². The number of hydrogen-bond donors (Lipinski definition) is 0. The Bertz CT molecular complexity index is 1560. The van der Waals surface area contributed by atoms with Crippen LogP contribution in [0.25, 0.3) is 4.83 Å². The van der Waals surface area contributed by atoms with Crippen molar-refractivity contribution in [3.05, 3.63) is 58.2 Å². The number of hydrogen-bond acceptors (Lipinski definition) is 8. The van der Waals surface area contributed by atoms with E-state index in [1.165, 1.54) is 71.8 Å².